The number of aromatic hydroxyl groups is 2. The topological polar surface area (TPSA) is 189 Å². The van der Waals surface area contributed by atoms with Crippen molar-refractivity contribution in [2.75, 3.05) is 45.9 Å². The number of aliphatic hydroxyl groups is 4. The SMILES string of the molecule is Cc1cc(CN2/C=C\CN(Cc3cc(C)cc(C(=O)NC(O)CO)c3O)CCCN(Cc3ccccc3)CCC2)c(O)c(C(=O)NC(O)CO)c1. The van der Waals surface area contributed by atoms with E-state index < -0.39 is 37.5 Å². The van der Waals surface area contributed by atoms with Crippen molar-refractivity contribution >= 4 is 11.8 Å². The number of phenols is 2. The average molecular weight is 706 g/mol. The molecule has 3 aromatic carbocycles. The summed E-state index contributed by atoms with van der Waals surface area (Å²) in [6.45, 7) is 7.29. The molecule has 276 valence electrons. The van der Waals surface area contributed by atoms with Crippen LogP contribution in [0.2, 0.25) is 0 Å². The number of carbonyl (C=O) groups is 2. The summed E-state index contributed by atoms with van der Waals surface area (Å²) in [6, 6.07) is 17.0. The molecule has 0 bridgehead atoms. The van der Waals surface area contributed by atoms with Gasteiger partial charge < -0.3 is 46.2 Å². The average Bonchev–Trinajstić information content (AvgIpc) is 3.10. The Morgan fingerprint density at radius 1 is 0.706 bits per heavy atom. The lowest BCUT2D eigenvalue weighted by Gasteiger charge is -2.29. The maximum absolute atomic E-state index is 12.8. The summed E-state index contributed by atoms with van der Waals surface area (Å²) in [5, 5.41) is 64.6. The molecular formula is C38H51N5O8. The van der Waals surface area contributed by atoms with Gasteiger partial charge in [0.2, 0.25) is 0 Å². The summed E-state index contributed by atoms with van der Waals surface area (Å²) in [5.41, 5.74) is 3.83. The first-order valence-corrected chi connectivity index (χ1v) is 17.2. The Bertz CT molecular complexity index is 1640. The van der Waals surface area contributed by atoms with Gasteiger partial charge in [-0.1, -0.05) is 48.5 Å². The van der Waals surface area contributed by atoms with Crippen molar-refractivity contribution < 1.29 is 40.2 Å². The zero-order chi connectivity index (χ0) is 36.9. The number of nitrogens with one attached hydrogen (secondary N) is 2. The van der Waals surface area contributed by atoms with E-state index in [2.05, 4.69) is 37.5 Å². The monoisotopic (exact) mass is 705 g/mol. The first-order valence-electron chi connectivity index (χ1n) is 17.2. The van der Waals surface area contributed by atoms with Crippen molar-refractivity contribution in [3.8, 4) is 11.5 Å². The van der Waals surface area contributed by atoms with Gasteiger partial charge in [0.05, 0.1) is 24.3 Å². The minimum Gasteiger partial charge on any atom is -0.507 e. The highest BCUT2D eigenvalue weighted by molar-refractivity contribution is 5.98. The number of hydrogen-bond acceptors (Lipinski definition) is 11. The third-order valence-electron chi connectivity index (χ3n) is 8.66. The Balaban J connectivity index is 1.60. The van der Waals surface area contributed by atoms with E-state index in [4.69, 9.17) is 10.2 Å². The molecule has 0 fully saturated rings. The van der Waals surface area contributed by atoms with E-state index >= 15 is 0 Å². The maximum Gasteiger partial charge on any atom is 0.257 e. The standard InChI is InChI=1S/C38H51N5O8/c1-26-17-29(35(48)31(19-26)37(50)39-33(46)24-44)22-42-13-6-11-41(21-28-9-4-3-5-10-28)12-7-14-43(16-8-15-42)23-30-18-27(2)20-32(36(30)49)38(51)40-34(47)25-45/h3-5,8-10,15,17-20,33-34,44-49H,6-7,11-14,16,21-25H2,1-2H3,(H,39,50)(H,40,51)/b15-8-. The van der Waals surface area contributed by atoms with Gasteiger partial charge >= 0.3 is 0 Å². The van der Waals surface area contributed by atoms with Gasteiger partial charge in [-0.25, -0.2) is 0 Å². The van der Waals surface area contributed by atoms with Gasteiger partial charge in [-0.15, -0.1) is 0 Å². The van der Waals surface area contributed by atoms with E-state index in [0.29, 0.717) is 43.9 Å². The second-order valence-corrected chi connectivity index (χ2v) is 13.0. The third kappa shape index (κ3) is 11.8. The lowest BCUT2D eigenvalue weighted by Crippen LogP contribution is -2.37. The molecule has 8 N–H and O–H groups in total. The number of amides is 2. The number of aliphatic hydroxyl groups excluding tert-OH is 4. The molecule has 0 aromatic heterocycles. The largest absolute Gasteiger partial charge is 0.507 e. The highest BCUT2D eigenvalue weighted by Gasteiger charge is 2.21. The van der Waals surface area contributed by atoms with Crippen molar-refractivity contribution in [2.24, 2.45) is 0 Å². The normalized spacial score (nSPS) is 16.8. The van der Waals surface area contributed by atoms with E-state index in [-0.39, 0.29) is 22.6 Å². The molecule has 51 heavy (non-hydrogen) atoms. The van der Waals surface area contributed by atoms with Gasteiger partial charge in [0.15, 0.2) is 0 Å². The molecule has 4 rings (SSSR count). The highest BCUT2D eigenvalue weighted by Crippen LogP contribution is 2.28. The van der Waals surface area contributed by atoms with Crippen LogP contribution in [0.3, 0.4) is 0 Å². The Labute approximate surface area is 299 Å². The first-order chi connectivity index (χ1) is 24.5. The fraction of sp³-hybridized carbons (Fsp3) is 0.421. The number of nitrogens with zero attached hydrogens (tertiary/aromatic N) is 3. The number of rotatable bonds is 12. The third-order valence-corrected chi connectivity index (χ3v) is 8.66. The molecule has 2 atom stereocenters. The van der Waals surface area contributed by atoms with Gasteiger partial charge in [-0.05, 0) is 68.3 Å². The molecular weight excluding hydrogens is 654 g/mol. The van der Waals surface area contributed by atoms with Gasteiger partial charge in [-0.3, -0.25) is 19.4 Å². The molecule has 0 spiro atoms. The van der Waals surface area contributed by atoms with Gasteiger partial charge in [0.1, 0.15) is 24.0 Å². The number of phenolic OH excluding ortho intramolecular Hbond substituents is 2. The number of hydrogen-bond donors (Lipinski definition) is 8. The fourth-order valence-electron chi connectivity index (χ4n) is 6.22. The smallest absolute Gasteiger partial charge is 0.257 e. The predicted octanol–water partition coefficient (Wildman–Crippen LogP) is 1.91. The van der Waals surface area contributed by atoms with Crippen molar-refractivity contribution in [1.29, 1.82) is 0 Å². The van der Waals surface area contributed by atoms with Crippen LogP contribution in [0.1, 0.15) is 61.4 Å². The summed E-state index contributed by atoms with van der Waals surface area (Å²) in [7, 11) is 0. The second-order valence-electron chi connectivity index (χ2n) is 13.0. The Kier molecular flexibility index (Phi) is 14.8. The minimum atomic E-state index is -1.45. The molecule has 3 aromatic rings. The van der Waals surface area contributed by atoms with Crippen LogP contribution >= 0.6 is 0 Å². The predicted molar refractivity (Wildman–Crippen MR) is 193 cm³/mol. The molecule has 2 amide bonds. The molecule has 13 nitrogen and oxygen atoms in total. The van der Waals surface area contributed by atoms with Crippen molar-refractivity contribution in [1.82, 2.24) is 25.3 Å². The molecule has 1 aliphatic rings. The molecule has 0 aliphatic carbocycles. The van der Waals surface area contributed by atoms with E-state index in [1.807, 2.05) is 56.5 Å². The van der Waals surface area contributed by atoms with Crippen LogP contribution in [-0.2, 0) is 19.6 Å². The van der Waals surface area contributed by atoms with Gasteiger partial charge in [0.25, 0.3) is 11.8 Å². The van der Waals surface area contributed by atoms with Crippen molar-refractivity contribution in [2.45, 2.75) is 58.8 Å². The number of benzene rings is 3. The van der Waals surface area contributed by atoms with E-state index in [0.717, 1.165) is 43.6 Å². The van der Waals surface area contributed by atoms with E-state index in [1.165, 1.54) is 11.6 Å². The molecule has 1 aliphatic heterocycles. The van der Waals surface area contributed by atoms with Crippen LogP contribution in [-0.4, -0.2) is 116 Å². The quantitative estimate of drug-likeness (QED) is 0.129. The van der Waals surface area contributed by atoms with Crippen molar-refractivity contribution in [3.63, 3.8) is 0 Å². The summed E-state index contributed by atoms with van der Waals surface area (Å²) in [6.07, 6.45) is 2.78. The zero-order valence-corrected chi connectivity index (χ0v) is 29.3. The number of carbonyl (C=O) groups excluding carboxylic acids is 2. The van der Waals surface area contributed by atoms with Crippen LogP contribution in [0.4, 0.5) is 0 Å². The highest BCUT2D eigenvalue weighted by atomic mass is 16.3. The van der Waals surface area contributed by atoms with E-state index in [1.54, 1.807) is 6.07 Å². The fourth-order valence-corrected chi connectivity index (χ4v) is 6.22. The molecule has 1 heterocycles. The molecule has 0 saturated heterocycles. The Morgan fingerprint density at radius 3 is 1.76 bits per heavy atom. The Hall–Kier alpha value is -4.50. The summed E-state index contributed by atoms with van der Waals surface area (Å²) in [5.74, 6) is -1.77. The zero-order valence-electron chi connectivity index (χ0n) is 29.3. The van der Waals surface area contributed by atoms with E-state index in [9.17, 15) is 30.0 Å². The van der Waals surface area contributed by atoms with Crippen molar-refractivity contribution in [3.05, 3.63) is 106 Å². The summed E-state index contributed by atoms with van der Waals surface area (Å²) >= 11 is 0. The summed E-state index contributed by atoms with van der Waals surface area (Å²) < 4.78 is 0. The summed E-state index contributed by atoms with van der Waals surface area (Å²) in [4.78, 5) is 32.2. The Morgan fingerprint density at radius 2 is 1.22 bits per heavy atom. The first kappa shape index (κ1) is 39.3. The van der Waals surface area contributed by atoms with Gasteiger partial charge in [0, 0.05) is 56.9 Å². The molecule has 0 saturated carbocycles. The minimum absolute atomic E-state index is 0.00734. The van der Waals surface area contributed by atoms with Crippen LogP contribution < -0.4 is 10.6 Å². The van der Waals surface area contributed by atoms with Crippen LogP contribution in [0, 0.1) is 13.8 Å². The molecule has 0 radical (unpaired) electrons. The van der Waals surface area contributed by atoms with Crippen LogP contribution in [0.15, 0.2) is 66.9 Å². The number of aryl methyl sites for hydroxylation is 2. The van der Waals surface area contributed by atoms with Crippen LogP contribution in [0.25, 0.3) is 0 Å². The molecule has 2 unspecified atom stereocenters. The van der Waals surface area contributed by atoms with Gasteiger partial charge in [-0.2, -0.15) is 0 Å². The lowest BCUT2D eigenvalue weighted by atomic mass is 10.0. The maximum atomic E-state index is 12.8. The van der Waals surface area contributed by atoms with Crippen LogP contribution in [0.5, 0.6) is 11.5 Å². The lowest BCUT2D eigenvalue weighted by molar-refractivity contribution is 0.0540. The molecule has 13 heteroatoms. The second kappa shape index (κ2) is 19.2.